The number of benzene rings is 2. The quantitative estimate of drug-likeness (QED) is 0.0191. The number of nitrogens with zero attached hydrogens (tertiary/aromatic N) is 3. The first-order chi connectivity index (χ1) is 44.2. The zero-order chi connectivity index (χ0) is 70.5. The second kappa shape index (κ2) is 39.5. The minimum Gasteiger partial charge on any atom is -0.508 e. The normalized spacial score (nSPS) is 20.6. The number of aromatic hydroxyl groups is 2. The number of Topliss-reactive ketones (excluding diaryl/α,β-unsaturated/α-hetero) is 5. The molecular formula is C61H89N13O19S. The molecule has 0 saturated carbocycles. The lowest BCUT2D eigenvalue weighted by Crippen LogP contribution is -2.53. The van der Waals surface area contributed by atoms with Gasteiger partial charge in [0.05, 0.1) is 66.0 Å². The summed E-state index contributed by atoms with van der Waals surface area (Å²) < 4.78 is 0. The van der Waals surface area contributed by atoms with Gasteiger partial charge < -0.3 is 90.8 Å². The van der Waals surface area contributed by atoms with E-state index < -0.39 is 200 Å². The van der Waals surface area contributed by atoms with Gasteiger partial charge >= 0.3 is 5.97 Å². The molecule has 7 amide bonds. The maximum atomic E-state index is 15.3. The molecule has 1 fully saturated rings. The van der Waals surface area contributed by atoms with Crippen LogP contribution in [0.1, 0.15) is 103 Å². The van der Waals surface area contributed by atoms with E-state index in [1.54, 1.807) is 0 Å². The number of carbonyl (C=O) groups excluding carboxylic acids is 12. The maximum absolute atomic E-state index is 15.3. The third-order valence-electron chi connectivity index (χ3n) is 15.5. The molecule has 0 bridgehead atoms. The number of ketones is 5. The van der Waals surface area contributed by atoms with E-state index in [2.05, 4.69) is 36.6 Å². The van der Waals surface area contributed by atoms with E-state index in [9.17, 15) is 78.3 Å². The Balaban J connectivity index is 2.30. The maximum Gasteiger partial charge on any atom is 0.322 e. The second-order valence-corrected chi connectivity index (χ2v) is 24.2. The van der Waals surface area contributed by atoms with E-state index in [4.69, 9.17) is 33.8 Å². The summed E-state index contributed by atoms with van der Waals surface area (Å²) >= 11 is 0.806. The summed E-state index contributed by atoms with van der Waals surface area (Å²) in [6.07, 6.45) is -11.1. The van der Waals surface area contributed by atoms with Gasteiger partial charge in [0.2, 0.25) is 41.4 Å². The van der Waals surface area contributed by atoms with Crippen LogP contribution in [0.4, 0.5) is 0 Å². The molecule has 33 heteroatoms. The van der Waals surface area contributed by atoms with Gasteiger partial charge in [-0.3, -0.25) is 72.3 Å². The number of primary amides is 1. The number of aliphatic hydroxyl groups excluding tert-OH is 3. The number of carboxylic acid groups (broad SMARTS) is 1. The highest BCUT2D eigenvalue weighted by Crippen LogP contribution is 2.25. The molecule has 0 radical (unpaired) electrons. The number of carbonyl (C=O) groups is 13. The Bertz CT molecular complexity index is 3050. The zero-order valence-corrected chi connectivity index (χ0v) is 53.7. The van der Waals surface area contributed by atoms with Crippen LogP contribution in [0.15, 0.2) is 58.5 Å². The second-order valence-electron chi connectivity index (χ2n) is 23.2. The van der Waals surface area contributed by atoms with Crippen molar-refractivity contribution in [2.24, 2.45) is 62.3 Å². The van der Waals surface area contributed by atoms with Crippen LogP contribution in [0.5, 0.6) is 11.5 Å². The first-order valence-corrected chi connectivity index (χ1v) is 31.5. The van der Waals surface area contributed by atoms with Gasteiger partial charge in [-0.1, -0.05) is 24.3 Å². The van der Waals surface area contributed by atoms with Crippen LogP contribution >= 0.6 is 11.8 Å². The standard InChI is InChI=1S/C61H89N13O19S/c1-31(75)40-26-49(83)45(29-94-30-51(62)85)74(4)53(87)25-37(24-47(81)43(8-6-20-68-61(65)66)71-58(92)41(32(2)76)27-50(84)55(33(3)77)73-59(40)93)57(91)72-44(22-35-11-15-39(79)16-12-35)48(82)23-36(21-34-9-13-38(78)14-10-34)56(90)70-42(7-5-19-67-60(63)64)46(80)17-18-52(86)69-28-54(88)89/h9-16,31-33,36-37,40-45,55,75-79H,5-8,17-30H2,1-4H3,(H2,62,85)(H,69,86)(H,70,90)(H,71,92)(H,72,91)(H,73,93)(H,88,89)(H4,63,64,67)(H4,65,66,68)/t31-,32-,33-,36-,37+,40+,41+,42+,43+,44+,45+,55+/m1/s1. The van der Waals surface area contributed by atoms with E-state index >= 15 is 9.59 Å². The fourth-order valence-electron chi connectivity index (χ4n) is 10.1. The Morgan fingerprint density at radius 2 is 1.20 bits per heavy atom. The van der Waals surface area contributed by atoms with Gasteiger partial charge in [0.15, 0.2) is 40.8 Å². The molecule has 32 nitrogen and oxygen atoms in total. The van der Waals surface area contributed by atoms with Crippen molar-refractivity contribution in [3.05, 3.63) is 59.7 Å². The summed E-state index contributed by atoms with van der Waals surface area (Å²) in [6, 6.07) is 2.96. The van der Waals surface area contributed by atoms with Crippen LogP contribution in [0.2, 0.25) is 0 Å². The highest BCUT2D eigenvalue weighted by Gasteiger charge is 2.41. The van der Waals surface area contributed by atoms with Crippen LogP contribution in [0.3, 0.4) is 0 Å². The van der Waals surface area contributed by atoms with Gasteiger partial charge in [-0.15, -0.1) is 11.8 Å². The average molecular weight is 1340 g/mol. The number of aliphatic imine (C=N–C) groups is 2. The summed E-state index contributed by atoms with van der Waals surface area (Å²) in [5, 5.41) is 74.4. The number of likely N-dealkylation sites (N-methyl/N-ethyl adjacent to an activating group) is 1. The topological polar surface area (TPSA) is 561 Å². The lowest BCUT2D eigenvalue weighted by molar-refractivity contribution is -0.143. The number of nitrogens with two attached hydrogens (primary N) is 5. The number of carboxylic acids is 1. The number of hydrogen-bond donors (Lipinski definition) is 16. The fraction of sp³-hybridized carbons (Fsp3) is 0.557. The minimum absolute atomic E-state index is 0.00489. The van der Waals surface area contributed by atoms with Crippen molar-refractivity contribution >= 4 is 99.9 Å². The molecule has 518 valence electrons. The highest BCUT2D eigenvalue weighted by molar-refractivity contribution is 8.00. The summed E-state index contributed by atoms with van der Waals surface area (Å²) in [6.45, 7) is 2.60. The van der Waals surface area contributed by atoms with Crippen LogP contribution < -0.4 is 55.3 Å². The van der Waals surface area contributed by atoms with Gasteiger partial charge in [-0.2, -0.15) is 0 Å². The first-order valence-electron chi connectivity index (χ1n) is 30.3. The zero-order valence-electron chi connectivity index (χ0n) is 52.9. The Morgan fingerprint density at radius 1 is 0.660 bits per heavy atom. The molecule has 1 aliphatic heterocycles. The lowest BCUT2D eigenvalue weighted by atomic mass is 9.88. The molecule has 0 unspecified atom stereocenters. The molecule has 0 aliphatic carbocycles. The summed E-state index contributed by atoms with van der Waals surface area (Å²) in [5.41, 5.74) is 28.2. The van der Waals surface area contributed by atoms with Crippen LogP contribution in [-0.2, 0) is 75.2 Å². The molecule has 12 atom stereocenters. The molecule has 2 aromatic rings. The van der Waals surface area contributed by atoms with Crippen molar-refractivity contribution < 1.29 is 93.0 Å². The third-order valence-corrected chi connectivity index (χ3v) is 16.5. The smallest absolute Gasteiger partial charge is 0.322 e. The van der Waals surface area contributed by atoms with Crippen LogP contribution in [0.25, 0.3) is 0 Å². The van der Waals surface area contributed by atoms with Crippen molar-refractivity contribution in [2.45, 2.75) is 153 Å². The molecule has 1 aliphatic rings. The number of nitrogens with one attached hydrogen (secondary N) is 5. The molecule has 0 aromatic heterocycles. The minimum atomic E-state index is -1.82. The van der Waals surface area contributed by atoms with Crippen LogP contribution in [0, 0.1) is 23.7 Å². The highest BCUT2D eigenvalue weighted by atomic mass is 32.2. The average Bonchev–Trinajstić information content (AvgIpc) is 1.04. The van der Waals surface area contributed by atoms with Gasteiger partial charge in [-0.05, 0) is 94.7 Å². The number of aliphatic hydroxyl groups is 3. The van der Waals surface area contributed by atoms with E-state index in [1.165, 1.54) is 48.5 Å². The number of guanidine groups is 2. The number of rotatable bonds is 32. The van der Waals surface area contributed by atoms with E-state index in [-0.39, 0.29) is 86.5 Å². The van der Waals surface area contributed by atoms with Crippen molar-refractivity contribution in [3.63, 3.8) is 0 Å². The van der Waals surface area contributed by atoms with Crippen molar-refractivity contribution in [3.8, 4) is 11.5 Å². The Labute approximate surface area is 546 Å². The van der Waals surface area contributed by atoms with Crippen molar-refractivity contribution in [1.29, 1.82) is 0 Å². The van der Waals surface area contributed by atoms with Gasteiger partial charge in [0.1, 0.15) is 24.1 Å². The molecule has 1 saturated heterocycles. The number of thioether (sulfide) groups is 1. The summed E-state index contributed by atoms with van der Waals surface area (Å²) in [4.78, 5) is 190. The molecule has 21 N–H and O–H groups in total. The molecule has 94 heavy (non-hydrogen) atoms. The van der Waals surface area contributed by atoms with Crippen molar-refractivity contribution in [1.82, 2.24) is 31.5 Å². The van der Waals surface area contributed by atoms with E-state index in [0.29, 0.717) is 11.1 Å². The van der Waals surface area contributed by atoms with Gasteiger partial charge in [-0.25, -0.2) is 0 Å². The number of phenols is 2. The van der Waals surface area contributed by atoms with E-state index in [0.717, 1.165) is 44.5 Å². The Morgan fingerprint density at radius 3 is 1.73 bits per heavy atom. The molecule has 2 aromatic carbocycles. The van der Waals surface area contributed by atoms with Crippen molar-refractivity contribution in [2.75, 3.05) is 38.2 Å². The molecular weight excluding hydrogens is 1250 g/mol. The SMILES string of the molecule is C[C@@H](O)[C@@H]1CC(=O)[C@H]([C@@H](C)O)NC(=O)[C@H]([C@@H](C)O)CC(=O)[C@H](CSCC(N)=O)N(C)C(=O)C[C@@H](C(=O)N[C@@H](Cc2ccc(O)cc2)C(=O)C[C@@H](Cc2ccc(O)cc2)C(=O)N[C@@H](CCCN=C(N)N)C(=O)CCC(=O)NCC(=O)O)CC(=O)[C@H](CCCN=C(N)N)NC1=O. The van der Waals surface area contributed by atoms with E-state index in [1.807, 2.05) is 0 Å². The summed E-state index contributed by atoms with van der Waals surface area (Å²) in [5.74, 6) is -20.8. The fourth-order valence-corrected chi connectivity index (χ4v) is 11.0. The van der Waals surface area contributed by atoms with Crippen LogP contribution in [-0.4, -0.2) is 210 Å². The monoisotopic (exact) mass is 1340 g/mol. The largest absolute Gasteiger partial charge is 0.508 e. The third kappa shape index (κ3) is 28.0. The molecule has 0 spiro atoms. The Hall–Kier alpha value is -9.08. The number of aliphatic carboxylic acids is 1. The van der Waals surface area contributed by atoms with Gasteiger partial charge in [0, 0.05) is 76.8 Å². The predicted molar refractivity (Wildman–Crippen MR) is 341 cm³/mol. The van der Waals surface area contributed by atoms with Gasteiger partial charge in [0.25, 0.3) is 0 Å². The lowest BCUT2D eigenvalue weighted by Gasteiger charge is -2.31. The number of amides is 7. The number of phenolic OH excluding ortho intramolecular Hbond substituents is 2. The molecule has 1 heterocycles. The Kier molecular flexibility index (Phi) is 33.2. The predicted octanol–water partition coefficient (Wildman–Crippen LogP) is -3.63. The summed E-state index contributed by atoms with van der Waals surface area (Å²) in [7, 11) is 1.15. The number of hydrogen-bond acceptors (Lipinski definition) is 21. The molecule has 3 rings (SSSR count). The first kappa shape index (κ1) is 79.2.